The third-order valence-corrected chi connectivity index (χ3v) is 4.02. The monoisotopic (exact) mass is 272 g/mol. The molecule has 0 spiro atoms. The van der Waals surface area contributed by atoms with Crippen LogP contribution in [0.2, 0.25) is 0 Å². The lowest BCUT2D eigenvalue weighted by Gasteiger charge is -2.29. The number of nitrogens with zero attached hydrogens (tertiary/aromatic N) is 1. The van der Waals surface area contributed by atoms with Gasteiger partial charge < -0.3 is 4.90 Å². The third kappa shape index (κ3) is 1.90. The topological polar surface area (TPSA) is 66.5 Å². The van der Waals surface area contributed by atoms with Crippen LogP contribution in [0.3, 0.4) is 0 Å². The minimum absolute atomic E-state index is 0.110. The molecule has 2 heterocycles. The second-order valence-corrected chi connectivity index (χ2v) is 5.51. The first-order valence-electron chi connectivity index (χ1n) is 6.72. The number of piperidine rings is 1. The van der Waals surface area contributed by atoms with E-state index < -0.39 is 6.04 Å². The average molecular weight is 272 g/mol. The van der Waals surface area contributed by atoms with Gasteiger partial charge in [-0.05, 0) is 37.5 Å². The van der Waals surface area contributed by atoms with Crippen LogP contribution in [0.25, 0.3) is 0 Å². The molecule has 5 heteroatoms. The lowest BCUT2D eigenvalue weighted by Crippen LogP contribution is -2.52. The summed E-state index contributed by atoms with van der Waals surface area (Å²) >= 11 is 0. The molecule has 104 valence electrons. The van der Waals surface area contributed by atoms with Crippen molar-refractivity contribution in [3.8, 4) is 0 Å². The minimum Gasteiger partial charge on any atom is -0.322 e. The highest BCUT2D eigenvalue weighted by atomic mass is 16.2. The van der Waals surface area contributed by atoms with Crippen molar-refractivity contribution in [2.45, 2.75) is 39.3 Å². The van der Waals surface area contributed by atoms with Crippen LogP contribution in [0, 0.1) is 13.8 Å². The first-order valence-corrected chi connectivity index (χ1v) is 6.72. The maximum Gasteiger partial charge on any atom is 0.255 e. The zero-order valence-electron chi connectivity index (χ0n) is 11.5. The van der Waals surface area contributed by atoms with Gasteiger partial charge in [-0.25, -0.2) is 0 Å². The van der Waals surface area contributed by atoms with Gasteiger partial charge in [0.15, 0.2) is 0 Å². The van der Waals surface area contributed by atoms with E-state index in [9.17, 15) is 14.4 Å². The fraction of sp³-hybridized carbons (Fsp3) is 0.400. The van der Waals surface area contributed by atoms with Crippen molar-refractivity contribution in [3.05, 3.63) is 34.4 Å². The number of aryl methyl sites for hydroxylation is 2. The molecular formula is C15H16N2O3. The smallest absolute Gasteiger partial charge is 0.255 e. The number of benzene rings is 1. The number of hydrogen-bond acceptors (Lipinski definition) is 3. The number of nitrogens with one attached hydrogen (secondary N) is 1. The Kier molecular flexibility index (Phi) is 2.85. The standard InChI is InChI=1S/C15H16N2O3/c1-8-5-9(2)11-7-17(15(20)10(11)6-8)12-3-4-13(18)16-14(12)19/h5-6,12H,3-4,7H2,1-2H3,(H,16,18,19). The summed E-state index contributed by atoms with van der Waals surface area (Å²) in [4.78, 5) is 37.2. The fourth-order valence-electron chi connectivity index (χ4n) is 3.03. The van der Waals surface area contributed by atoms with Crippen molar-refractivity contribution in [1.82, 2.24) is 10.2 Å². The molecule has 1 atom stereocenters. The highest BCUT2D eigenvalue weighted by Gasteiger charge is 2.39. The van der Waals surface area contributed by atoms with Crippen molar-refractivity contribution in [2.24, 2.45) is 0 Å². The van der Waals surface area contributed by atoms with Gasteiger partial charge >= 0.3 is 0 Å². The zero-order valence-corrected chi connectivity index (χ0v) is 11.5. The zero-order chi connectivity index (χ0) is 14.4. The van der Waals surface area contributed by atoms with E-state index in [1.165, 1.54) is 0 Å². The molecule has 3 amide bonds. The Bertz CT molecular complexity index is 636. The van der Waals surface area contributed by atoms with Gasteiger partial charge in [0.2, 0.25) is 11.8 Å². The molecule has 0 radical (unpaired) electrons. The lowest BCUT2D eigenvalue weighted by molar-refractivity contribution is -0.136. The Morgan fingerprint density at radius 3 is 2.65 bits per heavy atom. The van der Waals surface area contributed by atoms with Gasteiger partial charge in [0.1, 0.15) is 6.04 Å². The van der Waals surface area contributed by atoms with E-state index in [4.69, 9.17) is 0 Å². The predicted molar refractivity (Wildman–Crippen MR) is 72.0 cm³/mol. The number of imide groups is 1. The summed E-state index contributed by atoms with van der Waals surface area (Å²) in [5.74, 6) is -0.736. The van der Waals surface area contributed by atoms with Crippen molar-refractivity contribution in [1.29, 1.82) is 0 Å². The van der Waals surface area contributed by atoms with Gasteiger partial charge in [-0.2, -0.15) is 0 Å². The highest BCUT2D eigenvalue weighted by Crippen LogP contribution is 2.30. The van der Waals surface area contributed by atoms with Crippen LogP contribution >= 0.6 is 0 Å². The molecule has 3 rings (SSSR count). The summed E-state index contributed by atoms with van der Waals surface area (Å²) in [6, 6.07) is 3.38. The average Bonchev–Trinajstić information content (AvgIpc) is 2.68. The number of hydrogen-bond donors (Lipinski definition) is 1. The van der Waals surface area contributed by atoms with Crippen molar-refractivity contribution >= 4 is 17.7 Å². The number of amides is 3. The Hall–Kier alpha value is -2.17. The summed E-state index contributed by atoms with van der Waals surface area (Å²) in [6.45, 7) is 4.38. The number of carbonyl (C=O) groups excluding carboxylic acids is 3. The molecule has 2 aliphatic heterocycles. The molecule has 1 aromatic carbocycles. The molecule has 0 saturated carbocycles. The van der Waals surface area contributed by atoms with Crippen LogP contribution < -0.4 is 5.32 Å². The summed E-state index contributed by atoms with van der Waals surface area (Å²) < 4.78 is 0. The lowest BCUT2D eigenvalue weighted by atomic mass is 10.0. The van der Waals surface area contributed by atoms with E-state index >= 15 is 0 Å². The van der Waals surface area contributed by atoms with Gasteiger partial charge in [0, 0.05) is 18.5 Å². The molecular weight excluding hydrogens is 256 g/mol. The SMILES string of the molecule is Cc1cc(C)c2c(c1)C(=O)N(C1CCC(=O)NC1=O)C2. The summed E-state index contributed by atoms with van der Waals surface area (Å²) in [7, 11) is 0. The van der Waals surface area contributed by atoms with Crippen molar-refractivity contribution in [2.75, 3.05) is 0 Å². The molecule has 1 N–H and O–H groups in total. The third-order valence-electron chi connectivity index (χ3n) is 4.02. The van der Waals surface area contributed by atoms with Gasteiger partial charge in [-0.15, -0.1) is 0 Å². The molecule has 5 nitrogen and oxygen atoms in total. The Morgan fingerprint density at radius 1 is 1.20 bits per heavy atom. The quantitative estimate of drug-likeness (QED) is 0.777. The molecule has 1 saturated heterocycles. The highest BCUT2D eigenvalue weighted by molar-refractivity contribution is 6.05. The van der Waals surface area contributed by atoms with Gasteiger partial charge in [0.25, 0.3) is 5.91 Å². The largest absolute Gasteiger partial charge is 0.322 e. The summed E-state index contributed by atoms with van der Waals surface area (Å²) in [5.41, 5.74) is 3.79. The van der Waals surface area contributed by atoms with Crippen molar-refractivity contribution < 1.29 is 14.4 Å². The van der Waals surface area contributed by atoms with E-state index in [0.29, 0.717) is 18.5 Å². The minimum atomic E-state index is -0.535. The van der Waals surface area contributed by atoms with Crippen LogP contribution in [-0.4, -0.2) is 28.7 Å². The van der Waals surface area contributed by atoms with Crippen LogP contribution in [0.15, 0.2) is 12.1 Å². The van der Waals surface area contributed by atoms with Crippen LogP contribution in [0.5, 0.6) is 0 Å². The normalized spacial score (nSPS) is 22.0. The van der Waals surface area contributed by atoms with Crippen LogP contribution in [-0.2, 0) is 16.1 Å². The van der Waals surface area contributed by atoms with Crippen LogP contribution in [0.1, 0.15) is 39.9 Å². The van der Waals surface area contributed by atoms with Crippen molar-refractivity contribution in [3.63, 3.8) is 0 Å². The van der Waals surface area contributed by atoms with E-state index in [-0.39, 0.29) is 24.1 Å². The Labute approximate surface area is 116 Å². The predicted octanol–water partition coefficient (Wildman–Crippen LogP) is 1.06. The molecule has 1 unspecified atom stereocenters. The first kappa shape index (κ1) is 12.8. The second-order valence-electron chi connectivity index (χ2n) is 5.51. The number of rotatable bonds is 1. The maximum atomic E-state index is 12.5. The Balaban J connectivity index is 1.92. The van der Waals surface area contributed by atoms with E-state index in [0.717, 1.165) is 16.7 Å². The number of carbonyl (C=O) groups is 3. The summed E-state index contributed by atoms with van der Waals surface area (Å²) in [5, 5.41) is 2.31. The van der Waals surface area contributed by atoms with Gasteiger partial charge in [-0.3, -0.25) is 19.7 Å². The van der Waals surface area contributed by atoms with Gasteiger partial charge in [0.05, 0.1) is 0 Å². The van der Waals surface area contributed by atoms with E-state index in [1.54, 1.807) is 4.90 Å². The molecule has 0 aliphatic carbocycles. The van der Waals surface area contributed by atoms with E-state index in [1.807, 2.05) is 26.0 Å². The molecule has 1 aromatic rings. The number of fused-ring (bicyclic) bond motifs is 1. The maximum absolute atomic E-state index is 12.5. The van der Waals surface area contributed by atoms with Crippen LogP contribution in [0.4, 0.5) is 0 Å². The Morgan fingerprint density at radius 2 is 1.95 bits per heavy atom. The first-order chi connectivity index (χ1) is 9.47. The second kappa shape index (κ2) is 4.44. The fourth-order valence-corrected chi connectivity index (χ4v) is 3.03. The molecule has 0 aromatic heterocycles. The van der Waals surface area contributed by atoms with E-state index in [2.05, 4.69) is 5.32 Å². The molecule has 0 bridgehead atoms. The molecule has 1 fully saturated rings. The van der Waals surface area contributed by atoms with Gasteiger partial charge in [-0.1, -0.05) is 11.6 Å². The molecule has 20 heavy (non-hydrogen) atoms. The molecule has 2 aliphatic rings. The summed E-state index contributed by atoms with van der Waals surface area (Å²) in [6.07, 6.45) is 0.691.